The zero-order chi connectivity index (χ0) is 12.5. The van der Waals surface area contributed by atoms with E-state index >= 15 is 0 Å². The number of rotatable bonds is 1. The zero-order valence-corrected chi connectivity index (χ0v) is 11.6. The van der Waals surface area contributed by atoms with Crippen molar-refractivity contribution in [1.29, 1.82) is 0 Å². The van der Waals surface area contributed by atoms with Crippen molar-refractivity contribution < 1.29 is 0 Å². The average molecular weight is 231 g/mol. The number of aryl methyl sites for hydroxylation is 1. The number of nitrogens with one attached hydrogen (secondary N) is 1. The standard InChI is InChI=1S/C16H25N/c1-12-6-5-7-13(10-12)14-11-17-9-8-15(14)16(2,3)4/h5-7,10,14-15,17H,8-9,11H2,1-4H3. The number of benzene rings is 1. The van der Waals surface area contributed by atoms with Gasteiger partial charge in [0.05, 0.1) is 0 Å². The van der Waals surface area contributed by atoms with Gasteiger partial charge in [-0.05, 0) is 42.7 Å². The number of hydrogen-bond donors (Lipinski definition) is 1. The Balaban J connectivity index is 2.28. The molecule has 2 unspecified atom stereocenters. The Morgan fingerprint density at radius 3 is 2.65 bits per heavy atom. The van der Waals surface area contributed by atoms with Gasteiger partial charge in [-0.3, -0.25) is 0 Å². The molecule has 0 aromatic heterocycles. The molecular formula is C16H25N. The lowest BCUT2D eigenvalue weighted by molar-refractivity contribution is 0.160. The van der Waals surface area contributed by atoms with Crippen LogP contribution in [0.25, 0.3) is 0 Å². The number of hydrogen-bond acceptors (Lipinski definition) is 1. The zero-order valence-electron chi connectivity index (χ0n) is 11.6. The minimum absolute atomic E-state index is 0.399. The molecule has 1 aliphatic heterocycles. The fraction of sp³-hybridized carbons (Fsp3) is 0.625. The van der Waals surface area contributed by atoms with Crippen LogP contribution in [0.5, 0.6) is 0 Å². The van der Waals surface area contributed by atoms with E-state index in [1.165, 1.54) is 24.1 Å². The SMILES string of the molecule is Cc1cccc(C2CNCCC2C(C)(C)C)c1. The third kappa shape index (κ3) is 2.90. The van der Waals surface area contributed by atoms with Crippen LogP contribution in [-0.4, -0.2) is 13.1 Å². The van der Waals surface area contributed by atoms with Crippen LogP contribution in [0.2, 0.25) is 0 Å². The molecule has 1 aromatic carbocycles. The second-order valence-electron chi connectivity index (χ2n) is 6.49. The van der Waals surface area contributed by atoms with Crippen molar-refractivity contribution in [3.63, 3.8) is 0 Å². The van der Waals surface area contributed by atoms with Crippen LogP contribution in [-0.2, 0) is 0 Å². The number of piperidine rings is 1. The molecule has 1 nitrogen and oxygen atoms in total. The first-order chi connectivity index (χ1) is 7.98. The molecule has 1 saturated heterocycles. The summed E-state index contributed by atoms with van der Waals surface area (Å²) in [5.74, 6) is 1.45. The Morgan fingerprint density at radius 2 is 2.00 bits per heavy atom. The van der Waals surface area contributed by atoms with E-state index in [1.54, 1.807) is 0 Å². The summed E-state index contributed by atoms with van der Waals surface area (Å²) in [5.41, 5.74) is 3.29. The Bertz CT molecular complexity index is 375. The molecule has 1 heteroatoms. The summed E-state index contributed by atoms with van der Waals surface area (Å²) in [6.45, 7) is 11.6. The highest BCUT2D eigenvalue weighted by molar-refractivity contribution is 5.27. The summed E-state index contributed by atoms with van der Waals surface area (Å²) in [5, 5.41) is 3.55. The van der Waals surface area contributed by atoms with Gasteiger partial charge in [0.15, 0.2) is 0 Å². The summed E-state index contributed by atoms with van der Waals surface area (Å²) in [7, 11) is 0. The maximum absolute atomic E-state index is 3.55. The smallest absolute Gasteiger partial charge is 0.00230 e. The van der Waals surface area contributed by atoms with Crippen molar-refractivity contribution in [2.75, 3.05) is 13.1 Å². The Morgan fingerprint density at radius 1 is 1.24 bits per heavy atom. The third-order valence-electron chi connectivity index (χ3n) is 4.06. The lowest BCUT2D eigenvalue weighted by atomic mass is 9.68. The molecular weight excluding hydrogens is 206 g/mol. The molecule has 0 radical (unpaired) electrons. The van der Waals surface area contributed by atoms with E-state index in [0.717, 1.165) is 12.5 Å². The normalized spacial score (nSPS) is 25.9. The van der Waals surface area contributed by atoms with E-state index in [1.807, 2.05) is 0 Å². The molecule has 0 amide bonds. The van der Waals surface area contributed by atoms with Crippen molar-refractivity contribution in [2.24, 2.45) is 11.3 Å². The first-order valence-electron chi connectivity index (χ1n) is 6.76. The predicted octanol–water partition coefficient (Wildman–Crippen LogP) is 3.73. The van der Waals surface area contributed by atoms with Crippen LogP contribution >= 0.6 is 0 Å². The van der Waals surface area contributed by atoms with Gasteiger partial charge in [0, 0.05) is 6.54 Å². The van der Waals surface area contributed by atoms with Gasteiger partial charge in [-0.15, -0.1) is 0 Å². The topological polar surface area (TPSA) is 12.0 Å². The minimum Gasteiger partial charge on any atom is -0.316 e. The molecule has 17 heavy (non-hydrogen) atoms. The van der Waals surface area contributed by atoms with Crippen LogP contribution < -0.4 is 5.32 Å². The lowest BCUT2D eigenvalue weighted by Gasteiger charge is -2.41. The Hall–Kier alpha value is -0.820. The maximum atomic E-state index is 3.55. The van der Waals surface area contributed by atoms with Crippen molar-refractivity contribution in [3.05, 3.63) is 35.4 Å². The summed E-state index contributed by atoms with van der Waals surface area (Å²) in [6, 6.07) is 9.03. The van der Waals surface area contributed by atoms with Crippen molar-refractivity contribution >= 4 is 0 Å². The van der Waals surface area contributed by atoms with E-state index < -0.39 is 0 Å². The van der Waals surface area contributed by atoms with Crippen LogP contribution in [0.3, 0.4) is 0 Å². The average Bonchev–Trinajstić information content (AvgIpc) is 2.28. The highest BCUT2D eigenvalue weighted by Crippen LogP contribution is 2.41. The second-order valence-corrected chi connectivity index (χ2v) is 6.49. The first-order valence-corrected chi connectivity index (χ1v) is 6.76. The van der Waals surface area contributed by atoms with Crippen LogP contribution in [0.1, 0.15) is 44.2 Å². The van der Waals surface area contributed by atoms with Gasteiger partial charge in [0.25, 0.3) is 0 Å². The summed E-state index contributed by atoms with van der Waals surface area (Å²) < 4.78 is 0. The van der Waals surface area contributed by atoms with Crippen molar-refractivity contribution in [3.8, 4) is 0 Å². The molecule has 2 rings (SSSR count). The summed E-state index contributed by atoms with van der Waals surface area (Å²) >= 11 is 0. The molecule has 0 bridgehead atoms. The highest BCUT2D eigenvalue weighted by atomic mass is 14.9. The van der Waals surface area contributed by atoms with E-state index in [0.29, 0.717) is 11.3 Å². The monoisotopic (exact) mass is 231 g/mol. The van der Waals surface area contributed by atoms with E-state index in [4.69, 9.17) is 0 Å². The Kier molecular flexibility index (Phi) is 3.58. The molecule has 1 fully saturated rings. The highest BCUT2D eigenvalue weighted by Gasteiger charge is 2.34. The largest absolute Gasteiger partial charge is 0.316 e. The van der Waals surface area contributed by atoms with Gasteiger partial charge in [-0.25, -0.2) is 0 Å². The molecule has 94 valence electrons. The van der Waals surface area contributed by atoms with E-state index in [2.05, 4.69) is 57.3 Å². The van der Waals surface area contributed by atoms with E-state index in [-0.39, 0.29) is 0 Å². The molecule has 0 aliphatic carbocycles. The van der Waals surface area contributed by atoms with Gasteiger partial charge in [-0.2, -0.15) is 0 Å². The van der Waals surface area contributed by atoms with Gasteiger partial charge < -0.3 is 5.32 Å². The van der Waals surface area contributed by atoms with Crippen molar-refractivity contribution in [2.45, 2.75) is 40.0 Å². The predicted molar refractivity (Wildman–Crippen MR) is 74.4 cm³/mol. The summed E-state index contributed by atoms with van der Waals surface area (Å²) in [6.07, 6.45) is 1.29. The minimum atomic E-state index is 0.399. The molecule has 1 aliphatic rings. The van der Waals surface area contributed by atoms with Gasteiger partial charge in [0.2, 0.25) is 0 Å². The molecule has 1 aromatic rings. The quantitative estimate of drug-likeness (QED) is 0.776. The molecule has 0 saturated carbocycles. The van der Waals surface area contributed by atoms with Gasteiger partial charge in [-0.1, -0.05) is 50.6 Å². The van der Waals surface area contributed by atoms with Crippen LogP contribution in [0.4, 0.5) is 0 Å². The maximum Gasteiger partial charge on any atom is 0.00230 e. The molecule has 0 spiro atoms. The lowest BCUT2D eigenvalue weighted by Crippen LogP contribution is -2.40. The van der Waals surface area contributed by atoms with Crippen molar-refractivity contribution in [1.82, 2.24) is 5.32 Å². The fourth-order valence-electron chi connectivity index (χ4n) is 3.15. The third-order valence-corrected chi connectivity index (χ3v) is 4.06. The fourth-order valence-corrected chi connectivity index (χ4v) is 3.15. The Labute approximate surface area is 106 Å². The first kappa shape index (κ1) is 12.6. The van der Waals surface area contributed by atoms with Gasteiger partial charge in [0.1, 0.15) is 0 Å². The molecule has 1 N–H and O–H groups in total. The van der Waals surface area contributed by atoms with Crippen LogP contribution in [0.15, 0.2) is 24.3 Å². The van der Waals surface area contributed by atoms with Crippen LogP contribution in [0, 0.1) is 18.3 Å². The second kappa shape index (κ2) is 4.81. The molecule has 1 heterocycles. The van der Waals surface area contributed by atoms with E-state index in [9.17, 15) is 0 Å². The molecule has 2 atom stereocenters. The van der Waals surface area contributed by atoms with Gasteiger partial charge >= 0.3 is 0 Å². The summed E-state index contributed by atoms with van der Waals surface area (Å²) in [4.78, 5) is 0.